The van der Waals surface area contributed by atoms with Crippen molar-refractivity contribution in [3.05, 3.63) is 23.0 Å². The van der Waals surface area contributed by atoms with Crippen LogP contribution in [-0.4, -0.2) is 26.7 Å². The Morgan fingerprint density at radius 2 is 2.14 bits per heavy atom. The Labute approximate surface area is 131 Å². The number of carbonyl (C=O) groups is 1. The quantitative estimate of drug-likeness (QED) is 0.923. The van der Waals surface area contributed by atoms with Gasteiger partial charge in [-0.2, -0.15) is 5.10 Å². The van der Waals surface area contributed by atoms with Gasteiger partial charge in [0.1, 0.15) is 0 Å². The monoisotopic (exact) mass is 300 g/mol. The summed E-state index contributed by atoms with van der Waals surface area (Å²) >= 11 is 0. The number of fused-ring (bicyclic) bond motifs is 1. The molecule has 0 aliphatic heterocycles. The molecule has 5 heteroatoms. The molecule has 22 heavy (non-hydrogen) atoms. The average Bonchev–Trinajstić information content (AvgIpc) is 3.14. The minimum atomic E-state index is 0.152. The number of aromatic nitrogens is 3. The SMILES string of the molecule is Cc1nc2c(cnn2C(C)C)c(C)c1CCC(=O)NC1CC1. The average molecular weight is 300 g/mol. The van der Waals surface area contributed by atoms with Crippen molar-refractivity contribution >= 4 is 16.9 Å². The molecule has 1 fully saturated rings. The fraction of sp³-hybridized carbons (Fsp3) is 0.588. The van der Waals surface area contributed by atoms with E-state index in [9.17, 15) is 4.79 Å². The van der Waals surface area contributed by atoms with Crippen LogP contribution in [0.4, 0.5) is 0 Å². The molecule has 118 valence electrons. The van der Waals surface area contributed by atoms with Gasteiger partial charge in [0.15, 0.2) is 5.65 Å². The molecular formula is C17H24N4O. The van der Waals surface area contributed by atoms with Crippen LogP contribution in [0.3, 0.4) is 0 Å². The number of nitrogens with one attached hydrogen (secondary N) is 1. The van der Waals surface area contributed by atoms with E-state index in [2.05, 4.69) is 31.2 Å². The molecular weight excluding hydrogens is 276 g/mol. The summed E-state index contributed by atoms with van der Waals surface area (Å²) in [5.41, 5.74) is 4.33. The molecule has 0 bridgehead atoms. The highest BCUT2D eigenvalue weighted by molar-refractivity contribution is 5.81. The highest BCUT2D eigenvalue weighted by atomic mass is 16.1. The van der Waals surface area contributed by atoms with E-state index in [-0.39, 0.29) is 5.91 Å². The zero-order valence-electron chi connectivity index (χ0n) is 13.8. The second-order valence-corrected chi connectivity index (χ2v) is 6.56. The Balaban J connectivity index is 1.84. The van der Waals surface area contributed by atoms with Crippen molar-refractivity contribution in [3.63, 3.8) is 0 Å². The van der Waals surface area contributed by atoms with E-state index < -0.39 is 0 Å². The Kier molecular flexibility index (Phi) is 3.89. The Bertz CT molecular complexity index is 713. The van der Waals surface area contributed by atoms with Gasteiger partial charge in [-0.3, -0.25) is 4.79 Å². The van der Waals surface area contributed by atoms with Gasteiger partial charge in [-0.15, -0.1) is 0 Å². The van der Waals surface area contributed by atoms with Crippen molar-refractivity contribution < 1.29 is 4.79 Å². The van der Waals surface area contributed by atoms with Crippen molar-refractivity contribution in [3.8, 4) is 0 Å². The van der Waals surface area contributed by atoms with Gasteiger partial charge in [0, 0.05) is 29.6 Å². The molecule has 1 N–H and O–H groups in total. The highest BCUT2D eigenvalue weighted by Crippen LogP contribution is 2.25. The maximum Gasteiger partial charge on any atom is 0.220 e. The predicted octanol–water partition coefficient (Wildman–Crippen LogP) is 2.84. The summed E-state index contributed by atoms with van der Waals surface area (Å²) in [5.74, 6) is 0.152. The molecule has 0 atom stereocenters. The Morgan fingerprint density at radius 3 is 2.77 bits per heavy atom. The van der Waals surface area contributed by atoms with Crippen LogP contribution in [0.15, 0.2) is 6.20 Å². The van der Waals surface area contributed by atoms with Crippen LogP contribution < -0.4 is 5.32 Å². The fourth-order valence-electron chi connectivity index (χ4n) is 2.90. The Hall–Kier alpha value is -1.91. The molecule has 1 aliphatic carbocycles. The minimum Gasteiger partial charge on any atom is -0.353 e. The topological polar surface area (TPSA) is 59.8 Å². The third-order valence-electron chi connectivity index (χ3n) is 4.37. The summed E-state index contributed by atoms with van der Waals surface area (Å²) in [6.45, 7) is 8.35. The molecule has 3 rings (SSSR count). The number of carbonyl (C=O) groups excluding carboxylic acids is 1. The number of aryl methyl sites for hydroxylation is 2. The van der Waals surface area contributed by atoms with Crippen LogP contribution in [0, 0.1) is 13.8 Å². The zero-order valence-corrected chi connectivity index (χ0v) is 13.8. The van der Waals surface area contributed by atoms with E-state index in [0.717, 1.165) is 36.0 Å². The number of hydrogen-bond donors (Lipinski definition) is 1. The van der Waals surface area contributed by atoms with Crippen molar-refractivity contribution in [1.29, 1.82) is 0 Å². The van der Waals surface area contributed by atoms with Gasteiger partial charge in [0.25, 0.3) is 0 Å². The molecule has 5 nitrogen and oxygen atoms in total. The van der Waals surface area contributed by atoms with Crippen LogP contribution in [-0.2, 0) is 11.2 Å². The van der Waals surface area contributed by atoms with Crippen molar-refractivity contribution in [2.45, 2.75) is 65.5 Å². The fourth-order valence-corrected chi connectivity index (χ4v) is 2.90. The number of rotatable bonds is 5. The smallest absolute Gasteiger partial charge is 0.220 e. The second-order valence-electron chi connectivity index (χ2n) is 6.56. The molecule has 0 aromatic carbocycles. The highest BCUT2D eigenvalue weighted by Gasteiger charge is 2.23. The maximum absolute atomic E-state index is 11.9. The molecule has 2 heterocycles. The maximum atomic E-state index is 11.9. The van der Waals surface area contributed by atoms with Gasteiger partial charge in [0.05, 0.1) is 6.20 Å². The lowest BCUT2D eigenvalue weighted by Crippen LogP contribution is -2.25. The Morgan fingerprint density at radius 1 is 1.41 bits per heavy atom. The molecule has 2 aromatic heterocycles. The lowest BCUT2D eigenvalue weighted by molar-refractivity contribution is -0.121. The van der Waals surface area contributed by atoms with Gasteiger partial charge in [-0.05, 0) is 58.1 Å². The first-order chi connectivity index (χ1) is 10.5. The minimum absolute atomic E-state index is 0.152. The molecule has 0 saturated heterocycles. The zero-order chi connectivity index (χ0) is 15.9. The molecule has 1 aliphatic rings. The third kappa shape index (κ3) is 2.85. The number of pyridine rings is 1. The summed E-state index contributed by atoms with van der Waals surface area (Å²) in [6.07, 6.45) is 5.43. The predicted molar refractivity (Wildman–Crippen MR) is 86.9 cm³/mol. The molecule has 1 saturated carbocycles. The van der Waals surface area contributed by atoms with Crippen LogP contribution in [0.5, 0.6) is 0 Å². The van der Waals surface area contributed by atoms with E-state index in [1.165, 1.54) is 11.1 Å². The van der Waals surface area contributed by atoms with E-state index >= 15 is 0 Å². The largest absolute Gasteiger partial charge is 0.353 e. The summed E-state index contributed by atoms with van der Waals surface area (Å²) in [7, 11) is 0. The van der Waals surface area contributed by atoms with Crippen LogP contribution >= 0.6 is 0 Å². The van der Waals surface area contributed by atoms with Gasteiger partial charge < -0.3 is 5.32 Å². The first-order valence-electron chi connectivity index (χ1n) is 8.10. The first-order valence-corrected chi connectivity index (χ1v) is 8.10. The van der Waals surface area contributed by atoms with Crippen molar-refractivity contribution in [2.75, 3.05) is 0 Å². The van der Waals surface area contributed by atoms with Crippen molar-refractivity contribution in [1.82, 2.24) is 20.1 Å². The van der Waals surface area contributed by atoms with E-state index in [1.807, 2.05) is 17.8 Å². The van der Waals surface area contributed by atoms with Crippen LogP contribution in [0.2, 0.25) is 0 Å². The second kappa shape index (κ2) is 5.71. The van der Waals surface area contributed by atoms with E-state index in [0.29, 0.717) is 18.5 Å². The normalized spacial score (nSPS) is 14.8. The summed E-state index contributed by atoms with van der Waals surface area (Å²) < 4.78 is 1.96. The standard InChI is InChI=1S/C17H24N4O/c1-10(2)21-17-15(9-18-21)11(3)14(12(4)19-17)7-8-16(22)20-13-5-6-13/h9-10,13H,5-8H2,1-4H3,(H,20,22). The molecule has 1 amide bonds. The van der Waals surface area contributed by atoms with Gasteiger partial charge >= 0.3 is 0 Å². The molecule has 0 radical (unpaired) electrons. The summed E-state index contributed by atoms with van der Waals surface area (Å²) in [4.78, 5) is 16.6. The van der Waals surface area contributed by atoms with Crippen LogP contribution in [0.1, 0.15) is 56.0 Å². The van der Waals surface area contributed by atoms with Crippen LogP contribution in [0.25, 0.3) is 11.0 Å². The van der Waals surface area contributed by atoms with Gasteiger partial charge in [-0.1, -0.05) is 0 Å². The lowest BCUT2D eigenvalue weighted by atomic mass is 10.0. The third-order valence-corrected chi connectivity index (χ3v) is 4.37. The molecule has 0 spiro atoms. The molecule has 2 aromatic rings. The first kappa shape index (κ1) is 15.0. The number of amides is 1. The number of hydrogen-bond acceptors (Lipinski definition) is 3. The number of nitrogens with zero attached hydrogens (tertiary/aromatic N) is 3. The van der Waals surface area contributed by atoms with Gasteiger partial charge in [0.2, 0.25) is 5.91 Å². The summed E-state index contributed by atoms with van der Waals surface area (Å²) in [5, 5.41) is 8.59. The van der Waals surface area contributed by atoms with Gasteiger partial charge in [-0.25, -0.2) is 9.67 Å². The molecule has 0 unspecified atom stereocenters. The summed E-state index contributed by atoms with van der Waals surface area (Å²) in [6, 6.07) is 0.721. The van der Waals surface area contributed by atoms with E-state index in [4.69, 9.17) is 4.98 Å². The lowest BCUT2D eigenvalue weighted by Gasteiger charge is -2.12. The van der Waals surface area contributed by atoms with Crippen molar-refractivity contribution in [2.24, 2.45) is 0 Å². The van der Waals surface area contributed by atoms with E-state index in [1.54, 1.807) is 0 Å².